The highest BCUT2D eigenvalue weighted by atomic mass is 32.2. The summed E-state index contributed by atoms with van der Waals surface area (Å²) in [6, 6.07) is 16.2. The number of aromatic nitrogens is 2. The van der Waals surface area contributed by atoms with Crippen LogP contribution in [-0.2, 0) is 4.79 Å². The fraction of sp³-hybridized carbons (Fsp3) is 0.222. The van der Waals surface area contributed by atoms with E-state index in [0.717, 1.165) is 28.7 Å². The molecule has 0 radical (unpaired) electrons. The first-order chi connectivity index (χ1) is 11.3. The van der Waals surface area contributed by atoms with Crippen molar-refractivity contribution in [2.45, 2.75) is 24.0 Å². The zero-order chi connectivity index (χ0) is 15.8. The van der Waals surface area contributed by atoms with Crippen molar-refractivity contribution in [1.29, 1.82) is 0 Å². The first kappa shape index (κ1) is 14.3. The van der Waals surface area contributed by atoms with Crippen molar-refractivity contribution in [3.63, 3.8) is 0 Å². The van der Waals surface area contributed by atoms with Crippen molar-refractivity contribution in [1.82, 2.24) is 9.97 Å². The van der Waals surface area contributed by atoms with Crippen molar-refractivity contribution in [3.05, 3.63) is 60.4 Å². The van der Waals surface area contributed by atoms with E-state index < -0.39 is 0 Å². The van der Waals surface area contributed by atoms with E-state index in [0.29, 0.717) is 0 Å². The second-order valence-electron chi connectivity index (χ2n) is 5.61. The lowest BCUT2D eigenvalue weighted by molar-refractivity contribution is -0.117. The maximum Gasteiger partial charge on any atom is 0.241 e. The van der Waals surface area contributed by atoms with E-state index in [1.807, 2.05) is 41.3 Å². The minimum Gasteiger partial charge on any atom is -0.345 e. The molecule has 1 fully saturated rings. The summed E-state index contributed by atoms with van der Waals surface area (Å²) in [5.74, 6) is 0.185. The Kier molecular flexibility index (Phi) is 3.58. The first-order valence-electron chi connectivity index (χ1n) is 7.74. The van der Waals surface area contributed by atoms with Gasteiger partial charge in [0.15, 0.2) is 0 Å². The topological polar surface area (TPSA) is 49.0 Å². The van der Waals surface area contributed by atoms with Crippen LogP contribution >= 0.6 is 11.8 Å². The number of imidazole rings is 1. The van der Waals surface area contributed by atoms with Crippen molar-refractivity contribution >= 4 is 34.4 Å². The van der Waals surface area contributed by atoms with Gasteiger partial charge in [-0.15, -0.1) is 11.8 Å². The number of nitrogens with zero attached hydrogens (tertiary/aromatic N) is 2. The highest BCUT2D eigenvalue weighted by Gasteiger charge is 2.40. The second-order valence-corrected chi connectivity index (χ2v) is 6.90. The van der Waals surface area contributed by atoms with Crippen LogP contribution in [0.1, 0.15) is 24.3 Å². The standard InChI is InChI=1S/C18H17N3OS/c1-2-16-17(22)21(18(23-16)12-6-4-3-5-7-12)13-8-9-14-15(10-13)20-11-19-14/h3-11,16,18H,2H2,1H3,(H,19,20). The molecule has 1 amide bonds. The molecule has 0 aliphatic carbocycles. The van der Waals surface area contributed by atoms with Crippen LogP contribution in [0.2, 0.25) is 0 Å². The van der Waals surface area contributed by atoms with E-state index in [9.17, 15) is 4.79 Å². The average Bonchev–Trinajstić information content (AvgIpc) is 3.18. The first-order valence-corrected chi connectivity index (χ1v) is 8.69. The monoisotopic (exact) mass is 323 g/mol. The molecule has 2 aromatic carbocycles. The lowest BCUT2D eigenvalue weighted by Gasteiger charge is -2.24. The number of carbonyl (C=O) groups is 1. The number of thioether (sulfide) groups is 1. The van der Waals surface area contributed by atoms with Gasteiger partial charge in [-0.3, -0.25) is 9.69 Å². The van der Waals surface area contributed by atoms with E-state index >= 15 is 0 Å². The number of anilines is 1. The van der Waals surface area contributed by atoms with Crippen molar-refractivity contribution in [3.8, 4) is 0 Å². The fourth-order valence-electron chi connectivity index (χ4n) is 3.00. The molecule has 2 heterocycles. The SMILES string of the molecule is CCC1SC(c2ccccc2)N(c2ccc3nc[nH]c3c2)C1=O. The zero-order valence-electron chi connectivity index (χ0n) is 12.8. The zero-order valence-corrected chi connectivity index (χ0v) is 13.6. The molecule has 0 bridgehead atoms. The van der Waals surface area contributed by atoms with E-state index in [-0.39, 0.29) is 16.5 Å². The summed E-state index contributed by atoms with van der Waals surface area (Å²) in [5, 5.41) is 0.0340. The number of amides is 1. The van der Waals surface area contributed by atoms with Gasteiger partial charge in [-0.25, -0.2) is 4.98 Å². The van der Waals surface area contributed by atoms with Gasteiger partial charge in [0, 0.05) is 5.69 Å². The maximum absolute atomic E-state index is 12.9. The molecule has 4 rings (SSSR count). The van der Waals surface area contributed by atoms with Crippen LogP contribution in [0, 0.1) is 0 Å². The Hall–Kier alpha value is -2.27. The Morgan fingerprint density at radius 3 is 2.83 bits per heavy atom. The highest BCUT2D eigenvalue weighted by molar-refractivity contribution is 8.01. The van der Waals surface area contributed by atoms with Crippen molar-refractivity contribution in [2.75, 3.05) is 4.90 Å². The predicted molar refractivity (Wildman–Crippen MR) is 94.4 cm³/mol. The van der Waals surface area contributed by atoms with Gasteiger partial charge >= 0.3 is 0 Å². The molecule has 116 valence electrons. The number of hydrogen-bond acceptors (Lipinski definition) is 3. The number of aromatic amines is 1. The number of carbonyl (C=O) groups excluding carboxylic acids is 1. The van der Waals surface area contributed by atoms with Crippen molar-refractivity contribution < 1.29 is 4.79 Å². The van der Waals surface area contributed by atoms with Crippen LogP contribution in [-0.4, -0.2) is 21.1 Å². The molecule has 0 spiro atoms. The Morgan fingerprint density at radius 1 is 1.22 bits per heavy atom. The summed E-state index contributed by atoms with van der Waals surface area (Å²) < 4.78 is 0. The summed E-state index contributed by atoms with van der Waals surface area (Å²) in [6.07, 6.45) is 2.52. The molecule has 0 saturated carbocycles. The Bertz CT molecular complexity index is 846. The molecule has 1 aliphatic rings. The average molecular weight is 323 g/mol. The summed E-state index contributed by atoms with van der Waals surface area (Å²) in [6.45, 7) is 2.07. The number of fused-ring (bicyclic) bond motifs is 1. The van der Waals surface area contributed by atoms with Crippen LogP contribution in [0.5, 0.6) is 0 Å². The van der Waals surface area contributed by atoms with E-state index in [4.69, 9.17) is 0 Å². The molecule has 5 heteroatoms. The lowest BCUT2D eigenvalue weighted by Crippen LogP contribution is -2.30. The van der Waals surface area contributed by atoms with Crippen LogP contribution in [0.4, 0.5) is 5.69 Å². The molecule has 3 aromatic rings. The Labute approximate surface area is 138 Å². The highest BCUT2D eigenvalue weighted by Crippen LogP contribution is 2.46. The smallest absolute Gasteiger partial charge is 0.241 e. The third kappa shape index (κ3) is 2.41. The molecule has 4 nitrogen and oxygen atoms in total. The number of nitrogens with one attached hydrogen (secondary N) is 1. The third-order valence-corrected chi connectivity index (χ3v) is 5.78. The number of rotatable bonds is 3. The van der Waals surface area contributed by atoms with Crippen LogP contribution in [0.3, 0.4) is 0 Å². The van der Waals surface area contributed by atoms with E-state index in [1.165, 1.54) is 0 Å². The molecular weight excluding hydrogens is 306 g/mol. The van der Waals surface area contributed by atoms with E-state index in [2.05, 4.69) is 29.0 Å². The minimum absolute atomic E-state index is 0.0117. The van der Waals surface area contributed by atoms with Gasteiger partial charge < -0.3 is 4.98 Å². The van der Waals surface area contributed by atoms with E-state index in [1.54, 1.807) is 18.1 Å². The molecule has 1 saturated heterocycles. The molecule has 1 aromatic heterocycles. The summed E-state index contributed by atoms with van der Waals surface area (Å²) in [7, 11) is 0. The van der Waals surface area contributed by atoms with Gasteiger partial charge in [-0.1, -0.05) is 37.3 Å². The van der Waals surface area contributed by atoms with Crippen LogP contribution in [0.15, 0.2) is 54.9 Å². The van der Waals surface area contributed by atoms with Gasteiger partial charge in [0.05, 0.1) is 22.6 Å². The number of hydrogen-bond donors (Lipinski definition) is 1. The molecule has 2 atom stereocenters. The molecule has 2 unspecified atom stereocenters. The van der Waals surface area contributed by atoms with Gasteiger partial charge in [0.25, 0.3) is 0 Å². The third-order valence-electron chi connectivity index (χ3n) is 4.18. The second kappa shape index (κ2) is 5.74. The molecule has 1 N–H and O–H groups in total. The quantitative estimate of drug-likeness (QED) is 0.789. The summed E-state index contributed by atoms with van der Waals surface area (Å²) in [4.78, 5) is 22.2. The van der Waals surface area contributed by atoms with Gasteiger partial charge in [-0.2, -0.15) is 0 Å². The van der Waals surface area contributed by atoms with Gasteiger partial charge in [0.2, 0.25) is 5.91 Å². The normalized spacial score (nSPS) is 21.3. The van der Waals surface area contributed by atoms with Gasteiger partial charge in [0.1, 0.15) is 5.37 Å². The predicted octanol–water partition coefficient (Wildman–Crippen LogP) is 4.12. The lowest BCUT2D eigenvalue weighted by atomic mass is 10.1. The van der Waals surface area contributed by atoms with Crippen LogP contribution in [0.25, 0.3) is 11.0 Å². The fourth-order valence-corrected chi connectivity index (χ4v) is 4.39. The van der Waals surface area contributed by atoms with Crippen LogP contribution < -0.4 is 4.90 Å². The summed E-state index contributed by atoms with van der Waals surface area (Å²) in [5.41, 5.74) is 3.94. The molecule has 23 heavy (non-hydrogen) atoms. The molecule has 1 aliphatic heterocycles. The van der Waals surface area contributed by atoms with Crippen molar-refractivity contribution in [2.24, 2.45) is 0 Å². The largest absolute Gasteiger partial charge is 0.345 e. The Balaban J connectivity index is 1.79. The molecular formula is C18H17N3OS. The number of benzene rings is 2. The Morgan fingerprint density at radius 2 is 2.04 bits per heavy atom. The number of H-pyrrole nitrogens is 1. The minimum atomic E-state index is 0.0117. The maximum atomic E-state index is 12.9. The van der Waals surface area contributed by atoms with Gasteiger partial charge in [-0.05, 0) is 30.2 Å². The summed E-state index contributed by atoms with van der Waals surface area (Å²) >= 11 is 1.73.